The molecule has 0 saturated carbocycles. The molecule has 32 heavy (non-hydrogen) atoms. The van der Waals surface area contributed by atoms with E-state index in [-0.39, 0.29) is 0 Å². The van der Waals surface area contributed by atoms with E-state index in [0.717, 1.165) is 35.5 Å². The van der Waals surface area contributed by atoms with Crippen LogP contribution in [0.3, 0.4) is 0 Å². The molecule has 0 spiro atoms. The van der Waals surface area contributed by atoms with Gasteiger partial charge in [0.05, 0.1) is 15.7 Å². The molecular weight excluding hydrogens is 420 g/mol. The highest BCUT2D eigenvalue weighted by atomic mass is 32.1. The molecule has 4 aromatic rings. The van der Waals surface area contributed by atoms with Crippen LogP contribution in [0.15, 0.2) is 54.0 Å². The van der Waals surface area contributed by atoms with Crippen LogP contribution in [0.4, 0.5) is 23.5 Å². The molecule has 2 heterocycles. The first-order valence-corrected chi connectivity index (χ1v) is 11.5. The number of aromatic nitrogens is 4. The van der Waals surface area contributed by atoms with Crippen LogP contribution in [0.5, 0.6) is 0 Å². The Morgan fingerprint density at radius 3 is 2.66 bits per heavy atom. The van der Waals surface area contributed by atoms with Crippen molar-refractivity contribution in [2.24, 2.45) is 0 Å². The monoisotopic (exact) mass is 448 g/mol. The first-order valence-electron chi connectivity index (χ1n) is 10.6. The van der Waals surface area contributed by atoms with Gasteiger partial charge in [-0.1, -0.05) is 37.3 Å². The van der Waals surface area contributed by atoms with Gasteiger partial charge in [-0.15, -0.1) is 11.3 Å². The van der Waals surface area contributed by atoms with Crippen molar-refractivity contribution >= 4 is 45.1 Å². The summed E-state index contributed by atoms with van der Waals surface area (Å²) in [6.07, 6.45) is 0. The van der Waals surface area contributed by atoms with Gasteiger partial charge < -0.3 is 20.9 Å². The van der Waals surface area contributed by atoms with E-state index in [1.807, 2.05) is 42.7 Å². The predicted molar refractivity (Wildman–Crippen MR) is 133 cm³/mol. The quantitative estimate of drug-likeness (QED) is 0.334. The molecule has 0 amide bonds. The van der Waals surface area contributed by atoms with Gasteiger partial charge in [-0.2, -0.15) is 15.0 Å². The van der Waals surface area contributed by atoms with Crippen LogP contribution >= 0.6 is 11.3 Å². The van der Waals surface area contributed by atoms with Crippen molar-refractivity contribution < 1.29 is 0 Å². The third-order valence-corrected chi connectivity index (χ3v) is 5.98. The number of benzene rings is 2. The largest absolute Gasteiger partial charge is 0.353 e. The lowest BCUT2D eigenvalue weighted by Gasteiger charge is -2.19. The highest BCUT2D eigenvalue weighted by molar-refractivity contribution is 7.16. The van der Waals surface area contributed by atoms with Crippen molar-refractivity contribution in [2.45, 2.75) is 12.8 Å². The molecule has 3 N–H and O–H groups in total. The standard InChI is InChI=1S/C23H28N8S/c1-16(17-7-5-4-6-8-17)14-25-21-28-22(30-23(29-21)31(3)12-11-24-2)27-18-9-10-19-20(13-18)32-15-26-19/h4-10,13,15-16,24H,11-12,14H2,1-3H3,(H2,25,27,28,29,30)/t16-/m0/s1. The summed E-state index contributed by atoms with van der Waals surface area (Å²) in [5.41, 5.74) is 5.03. The van der Waals surface area contributed by atoms with E-state index in [4.69, 9.17) is 0 Å². The molecule has 0 aliphatic carbocycles. The van der Waals surface area contributed by atoms with Gasteiger partial charge in [0.1, 0.15) is 0 Å². The van der Waals surface area contributed by atoms with E-state index in [1.54, 1.807) is 11.3 Å². The SMILES string of the molecule is CNCCN(C)c1nc(NC[C@H](C)c2ccccc2)nc(Nc2ccc3ncsc3c2)n1. The number of nitrogens with zero attached hydrogens (tertiary/aromatic N) is 5. The third-order valence-electron chi connectivity index (χ3n) is 5.18. The molecule has 0 fully saturated rings. The van der Waals surface area contributed by atoms with Crippen molar-refractivity contribution in [2.75, 3.05) is 49.3 Å². The normalized spacial score (nSPS) is 12.0. The Bertz CT molecular complexity index is 1150. The number of likely N-dealkylation sites (N-methyl/N-ethyl adjacent to an activating group) is 2. The Kier molecular flexibility index (Phi) is 7.08. The zero-order valence-electron chi connectivity index (χ0n) is 18.5. The zero-order chi connectivity index (χ0) is 22.3. The molecule has 0 radical (unpaired) electrons. The van der Waals surface area contributed by atoms with Gasteiger partial charge in [-0.3, -0.25) is 0 Å². The summed E-state index contributed by atoms with van der Waals surface area (Å²) >= 11 is 1.61. The maximum absolute atomic E-state index is 4.65. The minimum absolute atomic E-state index is 0.323. The number of hydrogen-bond acceptors (Lipinski definition) is 9. The van der Waals surface area contributed by atoms with E-state index in [9.17, 15) is 0 Å². The van der Waals surface area contributed by atoms with Crippen molar-refractivity contribution in [3.8, 4) is 0 Å². The molecule has 0 aliphatic heterocycles. The minimum atomic E-state index is 0.323. The molecule has 4 rings (SSSR count). The molecule has 8 nitrogen and oxygen atoms in total. The second kappa shape index (κ2) is 10.3. The van der Waals surface area contributed by atoms with Crippen LogP contribution in [-0.4, -0.2) is 53.7 Å². The van der Waals surface area contributed by atoms with Gasteiger partial charge in [0.2, 0.25) is 17.8 Å². The van der Waals surface area contributed by atoms with Crippen molar-refractivity contribution in [3.05, 3.63) is 59.6 Å². The molecule has 2 aromatic carbocycles. The Labute approximate surface area is 192 Å². The average molecular weight is 449 g/mol. The number of hydrogen-bond donors (Lipinski definition) is 3. The Balaban J connectivity index is 1.55. The fourth-order valence-electron chi connectivity index (χ4n) is 3.26. The fourth-order valence-corrected chi connectivity index (χ4v) is 3.97. The van der Waals surface area contributed by atoms with E-state index in [2.05, 4.69) is 73.1 Å². The topological polar surface area (TPSA) is 90.9 Å². The summed E-state index contributed by atoms with van der Waals surface area (Å²) in [5.74, 6) is 2.00. The van der Waals surface area contributed by atoms with E-state index >= 15 is 0 Å². The predicted octanol–water partition coefficient (Wildman–Crippen LogP) is 4.10. The second-order valence-electron chi connectivity index (χ2n) is 7.66. The Morgan fingerprint density at radius 2 is 1.84 bits per heavy atom. The lowest BCUT2D eigenvalue weighted by atomic mass is 10.0. The maximum Gasteiger partial charge on any atom is 0.233 e. The molecular formula is C23H28N8S. The molecule has 9 heteroatoms. The molecule has 0 bridgehead atoms. The fraction of sp³-hybridized carbons (Fsp3) is 0.304. The number of fused-ring (bicyclic) bond motifs is 1. The van der Waals surface area contributed by atoms with Gasteiger partial charge in [-0.25, -0.2) is 4.98 Å². The molecule has 2 aromatic heterocycles. The van der Waals surface area contributed by atoms with E-state index in [1.165, 1.54) is 5.56 Å². The lowest BCUT2D eigenvalue weighted by molar-refractivity contribution is 0.748. The molecule has 0 saturated heterocycles. The third kappa shape index (κ3) is 5.49. The highest BCUT2D eigenvalue weighted by Gasteiger charge is 2.13. The van der Waals surface area contributed by atoms with Crippen molar-refractivity contribution in [3.63, 3.8) is 0 Å². The van der Waals surface area contributed by atoms with Gasteiger partial charge >= 0.3 is 0 Å². The molecule has 0 unspecified atom stereocenters. The summed E-state index contributed by atoms with van der Waals surface area (Å²) in [5, 5.41) is 9.89. The summed E-state index contributed by atoms with van der Waals surface area (Å²) < 4.78 is 1.12. The first-order chi connectivity index (χ1) is 15.6. The number of anilines is 4. The average Bonchev–Trinajstić information content (AvgIpc) is 3.29. The summed E-state index contributed by atoms with van der Waals surface area (Å²) in [7, 11) is 3.91. The number of rotatable bonds is 10. The molecule has 166 valence electrons. The van der Waals surface area contributed by atoms with E-state index in [0.29, 0.717) is 23.8 Å². The smallest absolute Gasteiger partial charge is 0.233 e. The Hall–Kier alpha value is -3.30. The minimum Gasteiger partial charge on any atom is -0.353 e. The van der Waals surface area contributed by atoms with Gasteiger partial charge in [0.15, 0.2) is 0 Å². The second-order valence-corrected chi connectivity index (χ2v) is 8.55. The van der Waals surface area contributed by atoms with Crippen LogP contribution in [0, 0.1) is 0 Å². The van der Waals surface area contributed by atoms with Crippen molar-refractivity contribution in [1.29, 1.82) is 0 Å². The Morgan fingerprint density at radius 1 is 1.03 bits per heavy atom. The van der Waals surface area contributed by atoms with Crippen LogP contribution in [-0.2, 0) is 0 Å². The summed E-state index contributed by atoms with van der Waals surface area (Å²) in [6, 6.07) is 16.5. The van der Waals surface area contributed by atoms with Gasteiger partial charge in [-0.05, 0) is 36.7 Å². The zero-order valence-corrected chi connectivity index (χ0v) is 19.4. The van der Waals surface area contributed by atoms with E-state index < -0.39 is 0 Å². The van der Waals surface area contributed by atoms with Crippen LogP contribution in [0.2, 0.25) is 0 Å². The maximum atomic E-state index is 4.65. The summed E-state index contributed by atoms with van der Waals surface area (Å²) in [6.45, 7) is 4.53. The summed E-state index contributed by atoms with van der Waals surface area (Å²) in [4.78, 5) is 20.3. The van der Waals surface area contributed by atoms with Crippen molar-refractivity contribution in [1.82, 2.24) is 25.3 Å². The van der Waals surface area contributed by atoms with Crippen LogP contribution in [0.25, 0.3) is 10.2 Å². The van der Waals surface area contributed by atoms with Crippen LogP contribution < -0.4 is 20.9 Å². The highest BCUT2D eigenvalue weighted by Crippen LogP contribution is 2.24. The lowest BCUT2D eigenvalue weighted by Crippen LogP contribution is -2.29. The van der Waals surface area contributed by atoms with Crippen LogP contribution in [0.1, 0.15) is 18.4 Å². The van der Waals surface area contributed by atoms with Gasteiger partial charge in [0, 0.05) is 32.4 Å². The molecule has 0 aliphatic rings. The number of thiazole rings is 1. The van der Waals surface area contributed by atoms with Gasteiger partial charge in [0.25, 0.3) is 0 Å². The number of nitrogens with one attached hydrogen (secondary N) is 3. The first kappa shape index (κ1) is 21.9. The molecule has 1 atom stereocenters.